The summed E-state index contributed by atoms with van der Waals surface area (Å²) in [6.07, 6.45) is 5.71. The van der Waals surface area contributed by atoms with Gasteiger partial charge in [0.25, 0.3) is 5.91 Å². The zero-order valence-electron chi connectivity index (χ0n) is 12.0. The number of nitrogens with one attached hydrogen (secondary N) is 1. The molecule has 1 aromatic carbocycles. The highest BCUT2D eigenvalue weighted by Gasteiger charge is 2.17. The molecule has 1 aromatic heterocycles. The van der Waals surface area contributed by atoms with Gasteiger partial charge in [-0.2, -0.15) is 0 Å². The third kappa shape index (κ3) is 2.96. The average molecular weight is 302 g/mol. The first-order chi connectivity index (χ1) is 10.3. The highest BCUT2D eigenvalue weighted by Crippen LogP contribution is 2.19. The molecule has 1 aliphatic heterocycles. The standard InChI is InChI=1S/C15H18N4OS/c1-21-15-17-8-11-19(15)13-4-2-12(3-5-13)14(20)18-9-6-16-7-10-18/h2-5,8,11,16H,6-7,9-10H2,1H3. The molecule has 0 radical (unpaired) electrons. The molecule has 6 heteroatoms. The van der Waals surface area contributed by atoms with Gasteiger partial charge in [-0.1, -0.05) is 11.8 Å². The molecule has 1 fully saturated rings. The molecule has 110 valence electrons. The van der Waals surface area contributed by atoms with Gasteiger partial charge in [0.05, 0.1) is 0 Å². The second kappa shape index (κ2) is 6.32. The van der Waals surface area contributed by atoms with Crippen molar-refractivity contribution in [2.75, 3.05) is 32.4 Å². The molecule has 1 saturated heterocycles. The third-order valence-electron chi connectivity index (χ3n) is 3.59. The van der Waals surface area contributed by atoms with E-state index in [0.717, 1.165) is 42.6 Å². The number of imidazole rings is 1. The second-order valence-electron chi connectivity index (χ2n) is 4.87. The molecule has 2 aromatic rings. The summed E-state index contributed by atoms with van der Waals surface area (Å²) in [5.74, 6) is 0.110. The molecule has 3 rings (SSSR count). The van der Waals surface area contributed by atoms with Crippen LogP contribution in [-0.2, 0) is 0 Å². The van der Waals surface area contributed by atoms with Crippen molar-refractivity contribution in [2.24, 2.45) is 0 Å². The molecule has 5 nitrogen and oxygen atoms in total. The van der Waals surface area contributed by atoms with E-state index in [0.29, 0.717) is 0 Å². The summed E-state index contributed by atoms with van der Waals surface area (Å²) < 4.78 is 2.02. The lowest BCUT2D eigenvalue weighted by Gasteiger charge is -2.27. The predicted molar refractivity (Wildman–Crippen MR) is 84.1 cm³/mol. The third-order valence-corrected chi connectivity index (χ3v) is 4.25. The Balaban J connectivity index is 1.79. The quantitative estimate of drug-likeness (QED) is 0.876. The van der Waals surface area contributed by atoms with Crippen LogP contribution in [0.25, 0.3) is 5.69 Å². The van der Waals surface area contributed by atoms with E-state index < -0.39 is 0 Å². The second-order valence-corrected chi connectivity index (χ2v) is 5.65. The lowest BCUT2D eigenvalue weighted by molar-refractivity contribution is 0.0736. The molecule has 0 spiro atoms. The van der Waals surface area contributed by atoms with Crippen molar-refractivity contribution in [1.82, 2.24) is 19.8 Å². The van der Waals surface area contributed by atoms with Crippen LogP contribution in [0.5, 0.6) is 0 Å². The zero-order valence-corrected chi connectivity index (χ0v) is 12.8. The number of carbonyl (C=O) groups excluding carboxylic acids is 1. The Labute approximate surface area is 128 Å². The number of hydrogen-bond donors (Lipinski definition) is 1. The fourth-order valence-electron chi connectivity index (χ4n) is 2.45. The summed E-state index contributed by atoms with van der Waals surface area (Å²) in [6.45, 7) is 3.29. The van der Waals surface area contributed by atoms with Crippen molar-refractivity contribution < 1.29 is 4.79 Å². The number of amides is 1. The minimum Gasteiger partial charge on any atom is -0.336 e. The number of benzene rings is 1. The maximum absolute atomic E-state index is 12.4. The van der Waals surface area contributed by atoms with E-state index in [2.05, 4.69) is 10.3 Å². The van der Waals surface area contributed by atoms with E-state index in [1.807, 2.05) is 46.2 Å². The van der Waals surface area contributed by atoms with Crippen molar-refractivity contribution in [1.29, 1.82) is 0 Å². The number of nitrogens with zero attached hydrogens (tertiary/aromatic N) is 3. The fraction of sp³-hybridized carbons (Fsp3) is 0.333. The van der Waals surface area contributed by atoms with Crippen LogP contribution in [-0.4, -0.2) is 52.8 Å². The van der Waals surface area contributed by atoms with Crippen LogP contribution in [0, 0.1) is 0 Å². The zero-order chi connectivity index (χ0) is 14.7. The molecule has 1 N–H and O–H groups in total. The van der Waals surface area contributed by atoms with E-state index in [1.165, 1.54) is 0 Å². The van der Waals surface area contributed by atoms with Crippen molar-refractivity contribution >= 4 is 17.7 Å². The van der Waals surface area contributed by atoms with E-state index in [-0.39, 0.29) is 5.91 Å². The number of thioether (sulfide) groups is 1. The van der Waals surface area contributed by atoms with Crippen LogP contribution in [0.3, 0.4) is 0 Å². The number of hydrogen-bond acceptors (Lipinski definition) is 4. The molecule has 1 aliphatic rings. The van der Waals surface area contributed by atoms with Crippen molar-refractivity contribution in [3.63, 3.8) is 0 Å². The van der Waals surface area contributed by atoms with Gasteiger partial charge in [0.15, 0.2) is 5.16 Å². The molecule has 0 bridgehead atoms. The van der Waals surface area contributed by atoms with Gasteiger partial charge in [-0.15, -0.1) is 0 Å². The number of rotatable bonds is 3. The highest BCUT2D eigenvalue weighted by molar-refractivity contribution is 7.98. The smallest absolute Gasteiger partial charge is 0.253 e. The van der Waals surface area contributed by atoms with Crippen molar-refractivity contribution in [3.05, 3.63) is 42.2 Å². The molecule has 0 aliphatic carbocycles. The maximum atomic E-state index is 12.4. The van der Waals surface area contributed by atoms with Crippen LogP contribution < -0.4 is 5.32 Å². The number of carbonyl (C=O) groups is 1. The van der Waals surface area contributed by atoms with Gasteiger partial charge in [0, 0.05) is 49.8 Å². The van der Waals surface area contributed by atoms with E-state index in [9.17, 15) is 4.79 Å². The van der Waals surface area contributed by atoms with Gasteiger partial charge in [0.2, 0.25) is 0 Å². The van der Waals surface area contributed by atoms with Crippen LogP contribution >= 0.6 is 11.8 Å². The normalized spacial score (nSPS) is 15.2. The summed E-state index contributed by atoms with van der Waals surface area (Å²) in [4.78, 5) is 18.6. The minimum atomic E-state index is 0.110. The summed E-state index contributed by atoms with van der Waals surface area (Å²) in [7, 11) is 0. The van der Waals surface area contributed by atoms with Crippen LogP contribution in [0.15, 0.2) is 41.8 Å². The van der Waals surface area contributed by atoms with Gasteiger partial charge < -0.3 is 10.2 Å². The molecule has 0 atom stereocenters. The molecule has 1 amide bonds. The highest BCUT2D eigenvalue weighted by atomic mass is 32.2. The molecular weight excluding hydrogens is 284 g/mol. The minimum absolute atomic E-state index is 0.110. The lowest BCUT2D eigenvalue weighted by Crippen LogP contribution is -2.46. The van der Waals surface area contributed by atoms with Gasteiger partial charge in [-0.05, 0) is 30.5 Å². The van der Waals surface area contributed by atoms with Gasteiger partial charge >= 0.3 is 0 Å². The topological polar surface area (TPSA) is 50.2 Å². The molecule has 21 heavy (non-hydrogen) atoms. The lowest BCUT2D eigenvalue weighted by atomic mass is 10.1. The number of aromatic nitrogens is 2. The first-order valence-corrected chi connectivity index (χ1v) is 8.20. The maximum Gasteiger partial charge on any atom is 0.253 e. The van der Waals surface area contributed by atoms with Crippen LogP contribution in [0.2, 0.25) is 0 Å². The van der Waals surface area contributed by atoms with E-state index in [1.54, 1.807) is 18.0 Å². The average Bonchev–Trinajstić information content (AvgIpc) is 3.04. The Morgan fingerprint density at radius 3 is 2.62 bits per heavy atom. The van der Waals surface area contributed by atoms with Crippen molar-refractivity contribution in [2.45, 2.75) is 5.16 Å². The first-order valence-electron chi connectivity index (χ1n) is 6.97. The van der Waals surface area contributed by atoms with Gasteiger partial charge in [0.1, 0.15) is 0 Å². The van der Waals surface area contributed by atoms with Crippen molar-refractivity contribution in [3.8, 4) is 5.69 Å². The Morgan fingerprint density at radius 1 is 1.24 bits per heavy atom. The monoisotopic (exact) mass is 302 g/mol. The Bertz CT molecular complexity index is 617. The summed E-state index contributed by atoms with van der Waals surface area (Å²) in [5, 5.41) is 4.20. The first kappa shape index (κ1) is 14.2. The van der Waals surface area contributed by atoms with Gasteiger partial charge in [-0.3, -0.25) is 9.36 Å². The van der Waals surface area contributed by atoms with E-state index >= 15 is 0 Å². The van der Waals surface area contributed by atoms with Crippen LogP contribution in [0.4, 0.5) is 0 Å². The predicted octanol–water partition coefficient (Wildman–Crippen LogP) is 1.64. The van der Waals surface area contributed by atoms with Gasteiger partial charge in [-0.25, -0.2) is 4.98 Å². The Morgan fingerprint density at radius 2 is 1.95 bits per heavy atom. The van der Waals surface area contributed by atoms with Crippen LogP contribution in [0.1, 0.15) is 10.4 Å². The Kier molecular flexibility index (Phi) is 4.26. The number of piperazine rings is 1. The summed E-state index contributed by atoms with van der Waals surface area (Å²) >= 11 is 1.60. The Hall–Kier alpha value is -1.79. The summed E-state index contributed by atoms with van der Waals surface area (Å²) in [5.41, 5.74) is 1.76. The molecular formula is C15H18N4OS. The van der Waals surface area contributed by atoms with E-state index in [4.69, 9.17) is 0 Å². The fourth-order valence-corrected chi connectivity index (χ4v) is 2.98. The molecule has 0 unspecified atom stereocenters. The SMILES string of the molecule is CSc1nccn1-c1ccc(C(=O)N2CCNCC2)cc1. The largest absolute Gasteiger partial charge is 0.336 e. The summed E-state index contributed by atoms with van der Waals surface area (Å²) in [6, 6.07) is 7.72. The molecule has 2 heterocycles. The molecule has 0 saturated carbocycles.